The van der Waals surface area contributed by atoms with E-state index in [2.05, 4.69) is 11.9 Å². The van der Waals surface area contributed by atoms with E-state index in [0.717, 1.165) is 0 Å². The summed E-state index contributed by atoms with van der Waals surface area (Å²) in [6, 6.07) is 0. The molecule has 0 atom stereocenters. The molecule has 3 N–H and O–H groups in total. The molecule has 0 spiro atoms. The van der Waals surface area contributed by atoms with Gasteiger partial charge in [-0.15, -0.1) is 0 Å². The van der Waals surface area contributed by atoms with E-state index in [1.165, 1.54) is 0 Å². The van der Waals surface area contributed by atoms with Gasteiger partial charge in [0.05, 0.1) is 6.54 Å². The highest BCUT2D eigenvalue weighted by Gasteiger charge is 1.76. The predicted octanol–water partition coefficient (Wildman–Crippen LogP) is 0.582. The molecule has 0 radical (unpaired) electrons. The van der Waals surface area contributed by atoms with Gasteiger partial charge in [0.1, 0.15) is 0 Å². The fraction of sp³-hybridized carbons (Fsp3) is 0.333. The van der Waals surface area contributed by atoms with Crippen molar-refractivity contribution in [2.24, 2.45) is 5.73 Å². The van der Waals surface area contributed by atoms with E-state index in [1.807, 2.05) is 19.2 Å². The smallest absolute Gasteiger partial charge is 0.0534 e. The van der Waals surface area contributed by atoms with Crippen molar-refractivity contribution in [2.75, 3.05) is 6.54 Å². The number of nitrogens with two attached hydrogens (primary N) is 1. The summed E-state index contributed by atoms with van der Waals surface area (Å²) in [7, 11) is 0. The van der Waals surface area contributed by atoms with Crippen molar-refractivity contribution in [1.82, 2.24) is 5.32 Å². The molecule has 0 aromatic rings. The van der Waals surface area contributed by atoms with E-state index >= 15 is 0 Å². The molecule has 0 aromatic carbocycles. The van der Waals surface area contributed by atoms with Crippen molar-refractivity contribution in [2.45, 2.75) is 6.92 Å². The summed E-state index contributed by atoms with van der Waals surface area (Å²) in [6.45, 7) is 6.10. The third-order valence-corrected chi connectivity index (χ3v) is 0.614. The molecule has 0 bridgehead atoms. The molecular weight excluding hydrogens is 100 g/mol. The Hall–Kier alpha value is -0.920. The minimum Gasteiger partial charge on any atom is -0.401 e. The average Bonchev–Trinajstić information content (AvgIpc) is 1.66. The Bertz CT molecular complexity index is 94.7. The second-order valence-electron chi connectivity index (χ2n) is 1.54. The summed E-state index contributed by atoms with van der Waals surface area (Å²) >= 11 is 0. The normalized spacial score (nSPS) is 9.62. The lowest BCUT2D eigenvalue weighted by Gasteiger charge is -1.95. The minimum atomic E-state index is 0.656. The van der Waals surface area contributed by atoms with Crippen molar-refractivity contribution in [1.29, 1.82) is 0 Å². The molecule has 46 valence electrons. The Morgan fingerprint density at radius 1 is 1.88 bits per heavy atom. The van der Waals surface area contributed by atoms with Gasteiger partial charge in [0.2, 0.25) is 0 Å². The molecule has 0 saturated heterocycles. The van der Waals surface area contributed by atoms with Crippen LogP contribution in [-0.4, -0.2) is 6.54 Å². The van der Waals surface area contributed by atoms with Crippen LogP contribution in [0, 0.1) is 0 Å². The van der Waals surface area contributed by atoms with Gasteiger partial charge in [-0.3, -0.25) is 0 Å². The van der Waals surface area contributed by atoms with Crippen molar-refractivity contribution >= 4 is 0 Å². The van der Waals surface area contributed by atoms with Gasteiger partial charge in [-0.05, 0) is 13.1 Å². The van der Waals surface area contributed by atoms with Gasteiger partial charge < -0.3 is 11.1 Å². The Morgan fingerprint density at radius 3 is 2.88 bits per heavy atom. The highest BCUT2D eigenvalue weighted by Crippen LogP contribution is 1.70. The number of rotatable bonds is 3. The number of hydrogen-bond donors (Lipinski definition) is 2. The van der Waals surface area contributed by atoms with Gasteiger partial charge >= 0.3 is 0 Å². The molecule has 2 heteroatoms. The molecule has 0 rings (SSSR count). The molecule has 0 aliphatic heterocycles. The van der Waals surface area contributed by atoms with Crippen LogP contribution in [0.25, 0.3) is 0 Å². The van der Waals surface area contributed by atoms with E-state index in [4.69, 9.17) is 5.73 Å². The van der Waals surface area contributed by atoms with Crippen LogP contribution in [0.1, 0.15) is 6.92 Å². The largest absolute Gasteiger partial charge is 0.401 e. The summed E-state index contributed by atoms with van der Waals surface area (Å²) in [5, 5.41) is 2.93. The van der Waals surface area contributed by atoms with Crippen LogP contribution in [0.2, 0.25) is 0 Å². The Labute approximate surface area is 50.1 Å². The topological polar surface area (TPSA) is 38.0 Å². The first kappa shape index (κ1) is 7.08. The van der Waals surface area contributed by atoms with E-state index in [1.54, 1.807) is 0 Å². The zero-order valence-electron chi connectivity index (χ0n) is 5.15. The Morgan fingerprint density at radius 2 is 2.50 bits per heavy atom. The molecule has 8 heavy (non-hydrogen) atoms. The molecule has 0 amide bonds. The zero-order chi connectivity index (χ0) is 6.41. The summed E-state index contributed by atoms with van der Waals surface area (Å²) < 4.78 is 0. The standard InChI is InChI=1S/C6H12N2/c1-3-4-8-5-6(2)7/h3-4,8H,2,5,7H2,1H3. The van der Waals surface area contributed by atoms with Gasteiger partial charge in [-0.25, -0.2) is 0 Å². The highest BCUT2D eigenvalue weighted by molar-refractivity contribution is 4.91. The van der Waals surface area contributed by atoms with Crippen molar-refractivity contribution in [3.8, 4) is 0 Å². The highest BCUT2D eigenvalue weighted by atomic mass is 14.9. The van der Waals surface area contributed by atoms with Gasteiger partial charge in [-0.1, -0.05) is 12.7 Å². The van der Waals surface area contributed by atoms with E-state index in [0.29, 0.717) is 12.2 Å². The maximum atomic E-state index is 5.24. The summed E-state index contributed by atoms with van der Waals surface area (Å²) in [5.41, 5.74) is 5.90. The Balaban J connectivity index is 3.05. The van der Waals surface area contributed by atoms with Crippen molar-refractivity contribution in [3.05, 3.63) is 24.6 Å². The quantitative estimate of drug-likeness (QED) is 0.560. The first-order chi connectivity index (χ1) is 3.77. The van der Waals surface area contributed by atoms with E-state index in [-0.39, 0.29) is 0 Å². The van der Waals surface area contributed by atoms with Crippen molar-refractivity contribution < 1.29 is 0 Å². The SMILES string of the molecule is C=C(N)CNC=CC. The van der Waals surface area contributed by atoms with Crippen LogP contribution >= 0.6 is 0 Å². The molecule has 0 aliphatic carbocycles. The van der Waals surface area contributed by atoms with Gasteiger partial charge in [0, 0.05) is 5.70 Å². The number of allylic oxidation sites excluding steroid dienone is 1. The van der Waals surface area contributed by atoms with Crippen LogP contribution in [0.15, 0.2) is 24.6 Å². The van der Waals surface area contributed by atoms with E-state index < -0.39 is 0 Å². The molecule has 0 saturated carbocycles. The maximum absolute atomic E-state index is 5.24. The first-order valence-corrected chi connectivity index (χ1v) is 2.55. The molecule has 0 fully saturated rings. The molecule has 0 aromatic heterocycles. The lowest BCUT2D eigenvalue weighted by Crippen LogP contribution is -2.13. The van der Waals surface area contributed by atoms with Gasteiger partial charge in [0.25, 0.3) is 0 Å². The zero-order valence-corrected chi connectivity index (χ0v) is 5.15. The second-order valence-corrected chi connectivity index (χ2v) is 1.54. The molecule has 0 unspecified atom stereocenters. The van der Waals surface area contributed by atoms with E-state index in [9.17, 15) is 0 Å². The summed E-state index contributed by atoms with van der Waals surface area (Å²) in [6.07, 6.45) is 3.74. The molecule has 0 heterocycles. The fourth-order valence-electron chi connectivity index (χ4n) is 0.308. The monoisotopic (exact) mass is 112 g/mol. The van der Waals surface area contributed by atoms with Gasteiger partial charge in [-0.2, -0.15) is 0 Å². The molecular formula is C6H12N2. The number of nitrogens with one attached hydrogen (secondary N) is 1. The average molecular weight is 112 g/mol. The third-order valence-electron chi connectivity index (χ3n) is 0.614. The molecule has 0 aliphatic rings. The lowest BCUT2D eigenvalue weighted by molar-refractivity contribution is 0.926. The van der Waals surface area contributed by atoms with Crippen LogP contribution in [-0.2, 0) is 0 Å². The van der Waals surface area contributed by atoms with Crippen molar-refractivity contribution in [3.63, 3.8) is 0 Å². The lowest BCUT2D eigenvalue weighted by atomic mass is 10.5. The molecule has 2 nitrogen and oxygen atoms in total. The summed E-state index contributed by atoms with van der Waals surface area (Å²) in [5.74, 6) is 0. The predicted molar refractivity (Wildman–Crippen MR) is 36.1 cm³/mol. The van der Waals surface area contributed by atoms with Gasteiger partial charge in [0.15, 0.2) is 0 Å². The second kappa shape index (κ2) is 4.24. The maximum Gasteiger partial charge on any atom is 0.0534 e. The Kier molecular flexibility index (Phi) is 3.76. The van der Waals surface area contributed by atoms with Crippen LogP contribution in [0.3, 0.4) is 0 Å². The van der Waals surface area contributed by atoms with Crippen LogP contribution in [0.4, 0.5) is 0 Å². The third kappa shape index (κ3) is 5.08. The first-order valence-electron chi connectivity index (χ1n) is 2.55. The summed E-state index contributed by atoms with van der Waals surface area (Å²) in [4.78, 5) is 0. The van der Waals surface area contributed by atoms with Crippen LogP contribution in [0.5, 0.6) is 0 Å². The fourth-order valence-corrected chi connectivity index (χ4v) is 0.308. The number of hydrogen-bond acceptors (Lipinski definition) is 2. The minimum absolute atomic E-state index is 0.656. The van der Waals surface area contributed by atoms with Crippen LogP contribution < -0.4 is 11.1 Å².